The first-order chi connectivity index (χ1) is 7.72. The molecule has 0 saturated carbocycles. The van der Waals surface area contributed by atoms with Gasteiger partial charge in [-0.1, -0.05) is 12.1 Å². The minimum atomic E-state index is -0.303. The van der Waals surface area contributed by atoms with Gasteiger partial charge in [-0.25, -0.2) is 4.39 Å². The summed E-state index contributed by atoms with van der Waals surface area (Å²) in [7, 11) is 0. The predicted octanol–water partition coefficient (Wildman–Crippen LogP) is 1.64. The van der Waals surface area contributed by atoms with Crippen molar-refractivity contribution in [2.75, 3.05) is 0 Å². The lowest BCUT2D eigenvalue weighted by Crippen LogP contribution is -2.16. The van der Waals surface area contributed by atoms with Gasteiger partial charge in [0.1, 0.15) is 5.82 Å². The molecule has 3 N–H and O–H groups in total. The van der Waals surface area contributed by atoms with Crippen molar-refractivity contribution in [3.63, 3.8) is 0 Å². The first-order valence-corrected chi connectivity index (χ1v) is 4.89. The number of rotatable bonds is 2. The van der Waals surface area contributed by atoms with Crippen LogP contribution in [-0.2, 0) is 6.54 Å². The zero-order valence-corrected chi connectivity index (χ0v) is 8.53. The molecular weight excluding hydrogens is 207 g/mol. The van der Waals surface area contributed by atoms with Gasteiger partial charge in [0.2, 0.25) is 0 Å². The topological polar surface area (TPSA) is 58.9 Å². The van der Waals surface area contributed by atoms with E-state index in [4.69, 9.17) is 5.73 Å². The van der Waals surface area contributed by atoms with Crippen molar-refractivity contribution in [3.05, 3.63) is 58.3 Å². The normalized spacial score (nSPS) is 10.4. The number of hydrogen-bond donors (Lipinski definition) is 2. The van der Waals surface area contributed by atoms with Crippen molar-refractivity contribution in [2.24, 2.45) is 5.73 Å². The van der Waals surface area contributed by atoms with Gasteiger partial charge in [-0.05, 0) is 29.3 Å². The van der Waals surface area contributed by atoms with Crippen molar-refractivity contribution in [1.82, 2.24) is 4.98 Å². The molecule has 0 aliphatic rings. The van der Waals surface area contributed by atoms with E-state index in [1.807, 2.05) is 0 Å². The van der Waals surface area contributed by atoms with Crippen LogP contribution in [0.4, 0.5) is 4.39 Å². The molecule has 0 unspecified atom stereocenters. The van der Waals surface area contributed by atoms with Gasteiger partial charge in [-0.15, -0.1) is 0 Å². The van der Waals surface area contributed by atoms with Gasteiger partial charge >= 0.3 is 0 Å². The molecule has 2 aromatic rings. The van der Waals surface area contributed by atoms with Crippen molar-refractivity contribution in [2.45, 2.75) is 6.54 Å². The second-order valence-electron chi connectivity index (χ2n) is 3.41. The van der Waals surface area contributed by atoms with Crippen molar-refractivity contribution in [3.8, 4) is 11.1 Å². The summed E-state index contributed by atoms with van der Waals surface area (Å²) in [6.07, 6.45) is 1.56. The molecule has 16 heavy (non-hydrogen) atoms. The molecule has 0 aliphatic heterocycles. The highest BCUT2D eigenvalue weighted by molar-refractivity contribution is 5.66. The molecule has 3 nitrogen and oxygen atoms in total. The van der Waals surface area contributed by atoms with Gasteiger partial charge in [0.15, 0.2) is 0 Å². The highest BCUT2D eigenvalue weighted by atomic mass is 19.1. The van der Waals surface area contributed by atoms with Gasteiger partial charge < -0.3 is 10.7 Å². The van der Waals surface area contributed by atoms with Gasteiger partial charge in [-0.2, -0.15) is 0 Å². The molecule has 0 saturated heterocycles. The molecule has 0 fully saturated rings. The molecule has 0 aliphatic carbocycles. The number of hydrogen-bond acceptors (Lipinski definition) is 2. The summed E-state index contributed by atoms with van der Waals surface area (Å²) < 4.78 is 12.8. The molecule has 1 aromatic heterocycles. The first-order valence-electron chi connectivity index (χ1n) is 4.89. The Kier molecular flexibility index (Phi) is 2.83. The fraction of sp³-hybridized carbons (Fsp3) is 0.0833. The molecular formula is C12H11FN2O. The molecule has 0 radical (unpaired) electrons. The summed E-state index contributed by atoms with van der Waals surface area (Å²) in [5.74, 6) is -0.303. The zero-order valence-electron chi connectivity index (χ0n) is 8.53. The zero-order chi connectivity index (χ0) is 11.5. The maximum atomic E-state index is 12.8. The molecule has 0 spiro atoms. The fourth-order valence-electron chi connectivity index (χ4n) is 1.61. The van der Waals surface area contributed by atoms with Crippen LogP contribution < -0.4 is 11.3 Å². The van der Waals surface area contributed by atoms with E-state index < -0.39 is 0 Å². The number of aromatic amines is 1. The van der Waals surface area contributed by atoms with E-state index in [0.717, 1.165) is 11.1 Å². The Morgan fingerprint density at radius 1 is 1.19 bits per heavy atom. The minimum absolute atomic E-state index is 0.156. The number of aromatic nitrogens is 1. The van der Waals surface area contributed by atoms with Crippen LogP contribution in [0.1, 0.15) is 5.56 Å². The Morgan fingerprint density at radius 2 is 1.88 bits per heavy atom. The molecule has 0 amide bonds. The van der Waals surface area contributed by atoms with Gasteiger partial charge in [0, 0.05) is 18.3 Å². The Hall–Kier alpha value is -1.94. The quantitative estimate of drug-likeness (QED) is 0.805. The van der Waals surface area contributed by atoms with Crippen LogP contribution in [0.3, 0.4) is 0 Å². The smallest absolute Gasteiger partial charge is 0.253 e. The summed E-state index contributed by atoms with van der Waals surface area (Å²) >= 11 is 0. The van der Waals surface area contributed by atoms with E-state index in [-0.39, 0.29) is 17.9 Å². The Labute approximate surface area is 91.7 Å². The monoisotopic (exact) mass is 218 g/mol. The molecule has 0 atom stereocenters. The van der Waals surface area contributed by atoms with Crippen LogP contribution >= 0.6 is 0 Å². The lowest BCUT2D eigenvalue weighted by atomic mass is 10.0. The van der Waals surface area contributed by atoms with Crippen LogP contribution in [-0.4, -0.2) is 4.98 Å². The maximum Gasteiger partial charge on any atom is 0.253 e. The van der Waals surface area contributed by atoms with E-state index in [0.29, 0.717) is 5.56 Å². The number of nitrogens with two attached hydrogens (primary N) is 1. The number of benzene rings is 1. The molecule has 82 valence electrons. The Balaban J connectivity index is 2.60. The Morgan fingerprint density at radius 3 is 2.50 bits per heavy atom. The molecule has 1 heterocycles. The van der Waals surface area contributed by atoms with Gasteiger partial charge in [0.25, 0.3) is 5.56 Å². The van der Waals surface area contributed by atoms with E-state index in [1.165, 1.54) is 12.1 Å². The molecule has 4 heteroatoms. The lowest BCUT2D eigenvalue weighted by molar-refractivity contribution is 0.628. The predicted molar refractivity (Wildman–Crippen MR) is 60.3 cm³/mol. The SMILES string of the molecule is NCc1c(-c2ccc(F)cc2)cc[nH]c1=O. The standard InChI is InChI=1S/C12H11FN2O/c13-9-3-1-8(2-4-9)10-5-6-15-12(16)11(10)7-14/h1-6H,7,14H2,(H,15,16). The number of pyridine rings is 1. The molecule has 1 aromatic carbocycles. The third kappa shape index (κ3) is 1.87. The van der Waals surface area contributed by atoms with Crippen LogP contribution in [0.5, 0.6) is 0 Å². The van der Waals surface area contributed by atoms with Crippen LogP contribution in [0.25, 0.3) is 11.1 Å². The highest BCUT2D eigenvalue weighted by Gasteiger charge is 2.07. The van der Waals surface area contributed by atoms with E-state index in [2.05, 4.69) is 4.98 Å². The first kappa shape index (κ1) is 10.6. The number of halogens is 1. The summed E-state index contributed by atoms with van der Waals surface area (Å²) in [6, 6.07) is 7.73. The second-order valence-corrected chi connectivity index (χ2v) is 3.41. The summed E-state index contributed by atoms with van der Waals surface area (Å²) in [6.45, 7) is 0.156. The molecule has 0 bridgehead atoms. The van der Waals surface area contributed by atoms with Gasteiger partial charge in [0.05, 0.1) is 0 Å². The van der Waals surface area contributed by atoms with Crippen molar-refractivity contribution in [1.29, 1.82) is 0 Å². The fourth-order valence-corrected chi connectivity index (χ4v) is 1.61. The average molecular weight is 218 g/mol. The second kappa shape index (κ2) is 4.28. The largest absolute Gasteiger partial charge is 0.329 e. The average Bonchev–Trinajstić information content (AvgIpc) is 2.30. The van der Waals surface area contributed by atoms with E-state index in [9.17, 15) is 9.18 Å². The Bertz CT molecular complexity index is 546. The van der Waals surface area contributed by atoms with E-state index in [1.54, 1.807) is 24.4 Å². The summed E-state index contributed by atoms with van der Waals surface area (Å²) in [5, 5.41) is 0. The van der Waals surface area contributed by atoms with Crippen LogP contribution in [0.2, 0.25) is 0 Å². The third-order valence-electron chi connectivity index (χ3n) is 2.42. The molecule has 2 rings (SSSR count). The van der Waals surface area contributed by atoms with Crippen LogP contribution in [0.15, 0.2) is 41.3 Å². The van der Waals surface area contributed by atoms with E-state index >= 15 is 0 Å². The highest BCUT2D eigenvalue weighted by Crippen LogP contribution is 2.20. The summed E-state index contributed by atoms with van der Waals surface area (Å²) in [4.78, 5) is 14.1. The lowest BCUT2D eigenvalue weighted by Gasteiger charge is -2.06. The van der Waals surface area contributed by atoms with Crippen LogP contribution in [0, 0.1) is 5.82 Å². The third-order valence-corrected chi connectivity index (χ3v) is 2.42. The van der Waals surface area contributed by atoms with Crippen molar-refractivity contribution < 1.29 is 4.39 Å². The van der Waals surface area contributed by atoms with Crippen molar-refractivity contribution >= 4 is 0 Å². The number of nitrogens with one attached hydrogen (secondary N) is 1. The number of H-pyrrole nitrogens is 1. The maximum absolute atomic E-state index is 12.8. The van der Waals surface area contributed by atoms with Gasteiger partial charge in [-0.3, -0.25) is 4.79 Å². The summed E-state index contributed by atoms with van der Waals surface area (Å²) in [5.41, 5.74) is 7.36. The minimum Gasteiger partial charge on any atom is -0.329 e.